The summed E-state index contributed by atoms with van der Waals surface area (Å²) < 4.78 is 19.9. The first-order valence-electron chi connectivity index (χ1n) is 6.35. The van der Waals surface area contributed by atoms with E-state index in [-0.39, 0.29) is 17.1 Å². The number of rotatable bonds is 5. The number of hydrogen-bond donors (Lipinski definition) is 2. The number of carboxylic acid groups (broad SMARTS) is 1. The Morgan fingerprint density at radius 2 is 2.09 bits per heavy atom. The largest absolute Gasteiger partial charge is 0.493 e. The highest BCUT2D eigenvalue weighted by atomic mass is 16.6. The number of anilines is 1. The topological polar surface area (TPSA) is 133 Å². The Kier molecular flexibility index (Phi) is 3.48. The Morgan fingerprint density at radius 3 is 2.74 bits per heavy atom. The van der Waals surface area contributed by atoms with Gasteiger partial charge < -0.3 is 24.6 Å². The zero-order valence-electron chi connectivity index (χ0n) is 12.0. The summed E-state index contributed by atoms with van der Waals surface area (Å²) in [5.74, 6) is -1.51. The van der Waals surface area contributed by atoms with Gasteiger partial charge in [0.25, 0.3) is 0 Å². The molecular weight excluding hydrogens is 310 g/mol. The molecule has 0 fully saturated rings. The van der Waals surface area contributed by atoms with E-state index < -0.39 is 23.9 Å². The van der Waals surface area contributed by atoms with Gasteiger partial charge in [0, 0.05) is 5.56 Å². The minimum absolute atomic E-state index is 0.155. The Morgan fingerprint density at radius 1 is 1.30 bits per heavy atom. The summed E-state index contributed by atoms with van der Waals surface area (Å²) >= 11 is 0. The van der Waals surface area contributed by atoms with Gasteiger partial charge in [-0.05, 0) is 22.4 Å². The second-order valence-corrected chi connectivity index (χ2v) is 4.46. The highest BCUT2D eigenvalue weighted by Gasteiger charge is 2.37. The number of aromatic nitrogens is 2. The molecule has 1 aliphatic heterocycles. The van der Waals surface area contributed by atoms with E-state index >= 15 is 0 Å². The quantitative estimate of drug-likeness (QED) is 0.770. The van der Waals surface area contributed by atoms with Gasteiger partial charge in [-0.2, -0.15) is 0 Å². The fourth-order valence-corrected chi connectivity index (χ4v) is 2.26. The van der Waals surface area contributed by atoms with Crippen molar-refractivity contribution < 1.29 is 33.5 Å². The highest BCUT2D eigenvalue weighted by Crippen LogP contribution is 2.42. The molecule has 1 aromatic carbocycles. The first kappa shape index (κ1) is 14.6. The molecule has 0 saturated heterocycles. The third-order valence-corrected chi connectivity index (χ3v) is 3.25. The highest BCUT2D eigenvalue weighted by molar-refractivity contribution is 5.98. The molecule has 1 atom stereocenters. The summed E-state index contributed by atoms with van der Waals surface area (Å²) in [6, 6.07) is 3.21. The number of aromatic carboxylic acids is 1. The van der Waals surface area contributed by atoms with Crippen molar-refractivity contribution in [2.75, 3.05) is 19.5 Å². The molecule has 120 valence electrons. The van der Waals surface area contributed by atoms with Crippen LogP contribution in [0.3, 0.4) is 0 Å². The van der Waals surface area contributed by atoms with Crippen molar-refractivity contribution in [1.29, 1.82) is 0 Å². The molecule has 2 heterocycles. The first-order valence-corrected chi connectivity index (χ1v) is 6.35. The van der Waals surface area contributed by atoms with Crippen LogP contribution in [0.1, 0.15) is 32.6 Å². The van der Waals surface area contributed by atoms with Gasteiger partial charge in [-0.3, -0.25) is 0 Å². The molecule has 2 aromatic rings. The van der Waals surface area contributed by atoms with Crippen molar-refractivity contribution in [2.24, 2.45) is 0 Å². The molecule has 23 heavy (non-hydrogen) atoms. The van der Waals surface area contributed by atoms with Crippen LogP contribution in [0.2, 0.25) is 0 Å². The summed E-state index contributed by atoms with van der Waals surface area (Å²) in [6.07, 6.45) is -0.956. The van der Waals surface area contributed by atoms with E-state index in [2.05, 4.69) is 20.3 Å². The zero-order valence-corrected chi connectivity index (χ0v) is 12.0. The van der Waals surface area contributed by atoms with Crippen molar-refractivity contribution in [3.63, 3.8) is 0 Å². The summed E-state index contributed by atoms with van der Waals surface area (Å²) in [4.78, 5) is 23.1. The number of hydrogen-bond acceptors (Lipinski definition) is 9. The minimum atomic E-state index is -1.33. The van der Waals surface area contributed by atoms with Crippen molar-refractivity contribution >= 4 is 17.8 Å². The third kappa shape index (κ3) is 2.29. The van der Waals surface area contributed by atoms with Crippen LogP contribution in [0.25, 0.3) is 0 Å². The third-order valence-electron chi connectivity index (χ3n) is 3.25. The maximum Gasteiger partial charge on any atom is 0.362 e. The number of benzene rings is 1. The average molecular weight is 321 g/mol. The van der Waals surface area contributed by atoms with Gasteiger partial charge >= 0.3 is 11.9 Å². The summed E-state index contributed by atoms with van der Waals surface area (Å²) in [5.41, 5.74) is 0.222. The fraction of sp³-hybridized carbons (Fsp3) is 0.231. The van der Waals surface area contributed by atoms with E-state index in [4.69, 9.17) is 19.3 Å². The van der Waals surface area contributed by atoms with E-state index in [1.165, 1.54) is 14.2 Å². The van der Waals surface area contributed by atoms with Crippen LogP contribution in [0.4, 0.5) is 5.82 Å². The monoisotopic (exact) mass is 321 g/mol. The van der Waals surface area contributed by atoms with Crippen molar-refractivity contribution in [1.82, 2.24) is 10.3 Å². The zero-order chi connectivity index (χ0) is 16.6. The molecule has 2 N–H and O–H groups in total. The van der Waals surface area contributed by atoms with Crippen molar-refractivity contribution in [2.45, 2.75) is 6.23 Å². The van der Waals surface area contributed by atoms with Crippen LogP contribution in [0, 0.1) is 0 Å². The SMILES string of the molecule is COc1ccc2c(c1OC)C(=O)O[C@@H]2Nc1nonc1C(=O)O. The van der Waals surface area contributed by atoms with Crippen molar-refractivity contribution in [3.8, 4) is 11.5 Å². The number of nitrogens with one attached hydrogen (secondary N) is 1. The molecule has 1 aromatic heterocycles. The standard InChI is InChI=1S/C13H11N3O7/c1-20-6-4-3-5-7(9(6)21-2)13(19)22-11(5)14-10-8(12(17)18)15-23-16-10/h3-4,11H,1-2H3,(H,14,16)(H,17,18)/t11-/m0/s1. The number of carbonyl (C=O) groups excluding carboxylic acids is 1. The Labute approximate surface area is 128 Å². The normalized spacial score (nSPS) is 15.7. The summed E-state index contributed by atoms with van der Waals surface area (Å²) in [5, 5.41) is 18.3. The lowest BCUT2D eigenvalue weighted by Gasteiger charge is -2.13. The number of carboxylic acids is 1. The molecule has 0 radical (unpaired) electrons. The molecule has 0 unspecified atom stereocenters. The molecular formula is C13H11N3O7. The van der Waals surface area contributed by atoms with Crippen LogP contribution in [-0.4, -0.2) is 41.6 Å². The van der Waals surface area contributed by atoms with E-state index in [1.54, 1.807) is 12.1 Å². The van der Waals surface area contributed by atoms with Gasteiger partial charge in [0.05, 0.1) is 14.2 Å². The summed E-state index contributed by atoms with van der Waals surface area (Å²) in [6.45, 7) is 0. The first-order chi connectivity index (χ1) is 11.1. The van der Waals surface area contributed by atoms with E-state index in [0.29, 0.717) is 11.3 Å². The average Bonchev–Trinajstić information content (AvgIpc) is 3.12. The lowest BCUT2D eigenvalue weighted by molar-refractivity contribution is 0.0434. The van der Waals surface area contributed by atoms with Crippen LogP contribution < -0.4 is 14.8 Å². The summed E-state index contributed by atoms with van der Waals surface area (Å²) in [7, 11) is 2.84. The van der Waals surface area contributed by atoms with Gasteiger partial charge in [-0.1, -0.05) is 0 Å². The van der Waals surface area contributed by atoms with E-state index in [9.17, 15) is 9.59 Å². The van der Waals surface area contributed by atoms with Gasteiger partial charge in [-0.25, -0.2) is 14.2 Å². The van der Waals surface area contributed by atoms with Gasteiger partial charge in [0.1, 0.15) is 5.56 Å². The van der Waals surface area contributed by atoms with Crippen LogP contribution >= 0.6 is 0 Å². The number of carbonyl (C=O) groups is 2. The number of cyclic esters (lactones) is 1. The van der Waals surface area contributed by atoms with Gasteiger partial charge in [0.15, 0.2) is 11.5 Å². The number of nitrogens with zero attached hydrogens (tertiary/aromatic N) is 2. The molecule has 10 heteroatoms. The predicted molar refractivity (Wildman–Crippen MR) is 72.6 cm³/mol. The predicted octanol–water partition coefficient (Wildman–Crippen LogP) is 1.07. The molecule has 0 aliphatic carbocycles. The number of esters is 1. The molecule has 0 saturated carbocycles. The Hall–Kier alpha value is -3.30. The Balaban J connectivity index is 1.99. The van der Waals surface area contributed by atoms with E-state index in [1.807, 2.05) is 0 Å². The molecule has 0 bridgehead atoms. The van der Waals surface area contributed by atoms with Crippen molar-refractivity contribution in [3.05, 3.63) is 29.0 Å². The minimum Gasteiger partial charge on any atom is -0.493 e. The lowest BCUT2D eigenvalue weighted by Crippen LogP contribution is -2.13. The number of methoxy groups -OCH3 is 2. The lowest BCUT2D eigenvalue weighted by atomic mass is 10.1. The molecule has 0 spiro atoms. The second kappa shape index (κ2) is 5.48. The molecule has 0 amide bonds. The fourth-order valence-electron chi connectivity index (χ4n) is 2.26. The number of ether oxygens (including phenoxy) is 3. The van der Waals surface area contributed by atoms with Crippen LogP contribution in [0.15, 0.2) is 16.8 Å². The van der Waals surface area contributed by atoms with Crippen LogP contribution in [0.5, 0.6) is 11.5 Å². The molecule has 3 rings (SSSR count). The second-order valence-electron chi connectivity index (χ2n) is 4.46. The maximum atomic E-state index is 12.1. The smallest absolute Gasteiger partial charge is 0.362 e. The number of fused-ring (bicyclic) bond motifs is 1. The van der Waals surface area contributed by atoms with Gasteiger partial charge in [-0.15, -0.1) is 0 Å². The maximum absolute atomic E-state index is 12.1. The van der Waals surface area contributed by atoms with Crippen LogP contribution in [-0.2, 0) is 4.74 Å². The molecule has 1 aliphatic rings. The van der Waals surface area contributed by atoms with E-state index in [0.717, 1.165) is 0 Å². The van der Waals surface area contributed by atoms with Gasteiger partial charge in [0.2, 0.25) is 17.7 Å². The molecule has 10 nitrogen and oxygen atoms in total. The Bertz CT molecular complexity index is 786.